The fourth-order valence-corrected chi connectivity index (χ4v) is 2.81. The predicted molar refractivity (Wildman–Crippen MR) is 76.0 cm³/mol. The first-order valence-corrected chi connectivity index (χ1v) is 6.98. The Labute approximate surface area is 115 Å². The third-order valence-corrected chi connectivity index (χ3v) is 3.97. The van der Waals surface area contributed by atoms with E-state index in [1.807, 2.05) is 30.9 Å². The molecule has 4 nitrogen and oxygen atoms in total. The smallest absolute Gasteiger partial charge is 0.255 e. The Bertz CT molecular complexity index is 472. The Morgan fingerprint density at radius 2 is 2.21 bits per heavy atom. The van der Waals surface area contributed by atoms with Gasteiger partial charge in [0.1, 0.15) is 0 Å². The minimum atomic E-state index is 0.0763. The number of rotatable bonds is 2. The largest absolute Gasteiger partial charge is 0.334 e. The number of carbonyl (C=O) groups is 1. The molecule has 2 heterocycles. The molecular weight excluding hydrogens is 238 g/mol. The average Bonchev–Trinajstić information content (AvgIpc) is 2.37. The molecule has 19 heavy (non-hydrogen) atoms. The molecule has 0 saturated carbocycles. The van der Waals surface area contributed by atoms with Crippen LogP contribution >= 0.6 is 0 Å². The van der Waals surface area contributed by atoms with Crippen LogP contribution in [0.2, 0.25) is 0 Å². The lowest BCUT2D eigenvalue weighted by molar-refractivity contribution is 0.0572. The van der Waals surface area contributed by atoms with Crippen molar-refractivity contribution >= 4 is 5.91 Å². The summed E-state index contributed by atoms with van der Waals surface area (Å²) in [5.41, 5.74) is 8.28. The number of carbonyl (C=O) groups excluding carboxylic acids is 1. The van der Waals surface area contributed by atoms with Gasteiger partial charge in [0, 0.05) is 24.8 Å². The summed E-state index contributed by atoms with van der Waals surface area (Å²) in [6.45, 7) is 7.39. The van der Waals surface area contributed by atoms with E-state index in [0.29, 0.717) is 18.0 Å². The molecule has 1 amide bonds. The fourth-order valence-electron chi connectivity index (χ4n) is 2.81. The second kappa shape index (κ2) is 5.70. The molecule has 1 aromatic rings. The predicted octanol–water partition coefficient (Wildman–Crippen LogP) is 1.90. The molecule has 0 aromatic carbocycles. The number of hydrogen-bond donors (Lipinski definition) is 1. The van der Waals surface area contributed by atoms with Crippen LogP contribution in [0.5, 0.6) is 0 Å². The molecule has 0 radical (unpaired) electrons. The van der Waals surface area contributed by atoms with Gasteiger partial charge in [-0.1, -0.05) is 6.92 Å². The third-order valence-electron chi connectivity index (χ3n) is 3.97. The van der Waals surface area contributed by atoms with Crippen LogP contribution in [0.25, 0.3) is 0 Å². The van der Waals surface area contributed by atoms with Crippen molar-refractivity contribution in [2.45, 2.75) is 39.7 Å². The van der Waals surface area contributed by atoms with Crippen LogP contribution in [-0.4, -0.2) is 34.9 Å². The normalized spacial score (nSPS) is 23.5. The minimum absolute atomic E-state index is 0.0763. The summed E-state index contributed by atoms with van der Waals surface area (Å²) in [5, 5.41) is 0. The summed E-state index contributed by atoms with van der Waals surface area (Å²) >= 11 is 0. The lowest BCUT2D eigenvalue weighted by atomic mass is 9.91. The van der Waals surface area contributed by atoms with E-state index in [-0.39, 0.29) is 11.9 Å². The fraction of sp³-hybridized carbons (Fsp3) is 0.600. The molecule has 2 atom stereocenters. The molecule has 104 valence electrons. The van der Waals surface area contributed by atoms with Crippen molar-refractivity contribution in [1.82, 2.24) is 9.88 Å². The van der Waals surface area contributed by atoms with Gasteiger partial charge in [0.05, 0.1) is 11.3 Å². The molecule has 1 aromatic heterocycles. The minimum Gasteiger partial charge on any atom is -0.334 e. The second-order valence-electron chi connectivity index (χ2n) is 5.60. The number of pyridine rings is 1. The number of aryl methyl sites for hydroxylation is 2. The molecule has 2 N–H and O–H groups in total. The topological polar surface area (TPSA) is 59.2 Å². The molecule has 0 aliphatic carbocycles. The molecular formula is C15H23N3O. The van der Waals surface area contributed by atoms with Gasteiger partial charge in [0.2, 0.25) is 0 Å². The third kappa shape index (κ3) is 2.95. The number of aromatic nitrogens is 1. The monoisotopic (exact) mass is 261 g/mol. The van der Waals surface area contributed by atoms with Crippen molar-refractivity contribution in [3.8, 4) is 0 Å². The maximum absolute atomic E-state index is 12.6. The summed E-state index contributed by atoms with van der Waals surface area (Å²) in [4.78, 5) is 18.9. The van der Waals surface area contributed by atoms with E-state index in [2.05, 4.69) is 11.9 Å². The molecule has 1 aliphatic rings. The highest BCUT2D eigenvalue weighted by molar-refractivity contribution is 5.95. The number of hydrogen-bond acceptors (Lipinski definition) is 3. The van der Waals surface area contributed by atoms with E-state index in [9.17, 15) is 4.79 Å². The van der Waals surface area contributed by atoms with Gasteiger partial charge in [-0.2, -0.15) is 0 Å². The molecule has 1 fully saturated rings. The molecule has 2 rings (SSSR count). The maximum atomic E-state index is 12.6. The lowest BCUT2D eigenvalue weighted by Crippen LogP contribution is -2.49. The van der Waals surface area contributed by atoms with Crippen molar-refractivity contribution in [3.05, 3.63) is 29.1 Å². The van der Waals surface area contributed by atoms with Crippen molar-refractivity contribution in [2.75, 3.05) is 13.1 Å². The van der Waals surface area contributed by atoms with E-state index in [1.165, 1.54) is 0 Å². The van der Waals surface area contributed by atoms with Crippen LogP contribution in [0.1, 0.15) is 41.5 Å². The zero-order valence-electron chi connectivity index (χ0n) is 12.0. The second-order valence-corrected chi connectivity index (χ2v) is 5.60. The number of nitrogens with zero attached hydrogens (tertiary/aromatic N) is 2. The summed E-state index contributed by atoms with van der Waals surface area (Å²) < 4.78 is 0. The number of amides is 1. The standard InChI is InChI=1S/C15H23N3O/c1-10-6-7-18(13(8-10)9-16)15(19)14-5-4-11(2)17-12(14)3/h4-5,10,13H,6-9,16H2,1-3H3. The Morgan fingerprint density at radius 1 is 1.47 bits per heavy atom. The van der Waals surface area contributed by atoms with Gasteiger partial charge in [-0.3, -0.25) is 9.78 Å². The average molecular weight is 261 g/mol. The van der Waals surface area contributed by atoms with E-state index in [1.54, 1.807) is 0 Å². The quantitative estimate of drug-likeness (QED) is 0.884. The van der Waals surface area contributed by atoms with Crippen molar-refractivity contribution in [1.29, 1.82) is 0 Å². The van der Waals surface area contributed by atoms with Crippen LogP contribution in [-0.2, 0) is 0 Å². The van der Waals surface area contributed by atoms with Gasteiger partial charge < -0.3 is 10.6 Å². The highest BCUT2D eigenvalue weighted by Gasteiger charge is 2.30. The van der Waals surface area contributed by atoms with Gasteiger partial charge in [-0.25, -0.2) is 0 Å². The molecule has 1 saturated heterocycles. The van der Waals surface area contributed by atoms with Crippen LogP contribution in [0.15, 0.2) is 12.1 Å². The van der Waals surface area contributed by atoms with E-state index in [4.69, 9.17) is 5.73 Å². The Morgan fingerprint density at radius 3 is 2.84 bits per heavy atom. The van der Waals surface area contributed by atoms with Gasteiger partial charge in [0.25, 0.3) is 5.91 Å². The van der Waals surface area contributed by atoms with E-state index >= 15 is 0 Å². The van der Waals surface area contributed by atoms with Crippen molar-refractivity contribution in [3.63, 3.8) is 0 Å². The molecule has 0 spiro atoms. The van der Waals surface area contributed by atoms with Gasteiger partial charge in [-0.05, 0) is 44.7 Å². The molecule has 1 aliphatic heterocycles. The van der Waals surface area contributed by atoms with E-state index in [0.717, 1.165) is 30.8 Å². The van der Waals surface area contributed by atoms with Gasteiger partial charge in [-0.15, -0.1) is 0 Å². The van der Waals surface area contributed by atoms with Gasteiger partial charge >= 0.3 is 0 Å². The Kier molecular flexibility index (Phi) is 4.20. The zero-order chi connectivity index (χ0) is 14.0. The van der Waals surface area contributed by atoms with Crippen molar-refractivity contribution in [2.24, 2.45) is 11.7 Å². The lowest BCUT2D eigenvalue weighted by Gasteiger charge is -2.38. The van der Waals surface area contributed by atoms with Gasteiger partial charge in [0.15, 0.2) is 0 Å². The number of likely N-dealkylation sites (tertiary alicyclic amines) is 1. The molecule has 2 unspecified atom stereocenters. The summed E-state index contributed by atoms with van der Waals surface area (Å²) in [6.07, 6.45) is 2.06. The zero-order valence-corrected chi connectivity index (χ0v) is 12.0. The Hall–Kier alpha value is -1.42. The highest BCUT2D eigenvalue weighted by Crippen LogP contribution is 2.24. The number of nitrogens with two attached hydrogens (primary N) is 1. The summed E-state index contributed by atoms with van der Waals surface area (Å²) in [5.74, 6) is 0.724. The summed E-state index contributed by atoms with van der Waals surface area (Å²) in [6, 6.07) is 3.94. The first kappa shape index (κ1) is 14.0. The van der Waals surface area contributed by atoms with Crippen molar-refractivity contribution < 1.29 is 4.79 Å². The highest BCUT2D eigenvalue weighted by atomic mass is 16.2. The van der Waals surface area contributed by atoms with E-state index < -0.39 is 0 Å². The number of piperidine rings is 1. The Balaban J connectivity index is 2.22. The van der Waals surface area contributed by atoms with Crippen LogP contribution in [0.3, 0.4) is 0 Å². The first-order valence-electron chi connectivity index (χ1n) is 6.98. The maximum Gasteiger partial charge on any atom is 0.255 e. The first-order chi connectivity index (χ1) is 9.02. The summed E-state index contributed by atoms with van der Waals surface area (Å²) in [7, 11) is 0. The molecule has 4 heteroatoms. The van der Waals surface area contributed by atoms with Crippen LogP contribution in [0.4, 0.5) is 0 Å². The molecule has 0 bridgehead atoms. The SMILES string of the molecule is Cc1ccc(C(=O)N2CCC(C)CC2CN)c(C)n1. The van der Waals surface area contributed by atoms with Crippen LogP contribution in [0, 0.1) is 19.8 Å². The van der Waals surface area contributed by atoms with Crippen LogP contribution < -0.4 is 5.73 Å².